The van der Waals surface area contributed by atoms with Crippen molar-refractivity contribution >= 4 is 26.7 Å². The van der Waals surface area contributed by atoms with Crippen LogP contribution in [-0.4, -0.2) is 51.2 Å². The van der Waals surface area contributed by atoms with E-state index in [1.54, 1.807) is 18.2 Å². The molecule has 1 heterocycles. The second-order valence-corrected chi connectivity index (χ2v) is 9.89. The van der Waals surface area contributed by atoms with E-state index in [-0.39, 0.29) is 23.5 Å². The van der Waals surface area contributed by atoms with E-state index in [4.69, 9.17) is 4.42 Å². The molecule has 2 aromatic carbocycles. The molecule has 1 amide bonds. The largest absolute Gasteiger partial charge is 0.451 e. The first-order valence-electron chi connectivity index (χ1n) is 10.6. The van der Waals surface area contributed by atoms with Gasteiger partial charge < -0.3 is 9.73 Å². The summed E-state index contributed by atoms with van der Waals surface area (Å²) in [5, 5.41) is 3.64. The lowest BCUT2D eigenvalue weighted by atomic mass is 10.0. The zero-order chi connectivity index (χ0) is 22.4. The molecule has 3 aromatic rings. The van der Waals surface area contributed by atoms with E-state index < -0.39 is 9.84 Å². The highest BCUT2D eigenvalue weighted by Gasteiger charge is 2.25. The van der Waals surface area contributed by atoms with Gasteiger partial charge in [0.2, 0.25) is 0 Å². The maximum absolute atomic E-state index is 13.1. The van der Waals surface area contributed by atoms with Gasteiger partial charge in [0.25, 0.3) is 5.91 Å². The number of nitrogens with zero attached hydrogens (tertiary/aromatic N) is 1. The maximum atomic E-state index is 13.1. The van der Waals surface area contributed by atoms with Crippen LogP contribution in [0.15, 0.2) is 59.0 Å². The number of nitrogens with one attached hydrogen (secondary N) is 1. The summed E-state index contributed by atoms with van der Waals surface area (Å²) < 4.78 is 29.7. The summed E-state index contributed by atoms with van der Waals surface area (Å²) in [5.41, 5.74) is 2.13. The number of benzene rings is 2. The Hall–Kier alpha value is -2.64. The Morgan fingerprint density at radius 3 is 2.32 bits per heavy atom. The first-order chi connectivity index (χ1) is 14.8. The van der Waals surface area contributed by atoms with Crippen LogP contribution in [0.1, 0.15) is 35.5 Å². The molecule has 0 bridgehead atoms. The van der Waals surface area contributed by atoms with Crippen molar-refractivity contribution in [2.45, 2.75) is 32.1 Å². The maximum Gasteiger partial charge on any atom is 0.287 e. The third kappa shape index (κ3) is 5.95. The minimum atomic E-state index is -3.34. The molecule has 7 heteroatoms. The second kappa shape index (κ2) is 10.1. The minimum Gasteiger partial charge on any atom is -0.451 e. The molecule has 0 aliphatic carbocycles. The van der Waals surface area contributed by atoms with Gasteiger partial charge in [-0.1, -0.05) is 62.4 Å². The summed E-state index contributed by atoms with van der Waals surface area (Å²) in [4.78, 5) is 15.4. The fraction of sp³-hybridized carbons (Fsp3) is 0.375. The van der Waals surface area contributed by atoms with Crippen LogP contribution in [-0.2, 0) is 22.0 Å². The molecule has 0 aliphatic rings. The quantitative estimate of drug-likeness (QED) is 0.518. The molecular formula is C24H30N2O4S. The predicted octanol–water partition coefficient (Wildman–Crippen LogP) is 3.66. The van der Waals surface area contributed by atoms with Gasteiger partial charge in [-0.25, -0.2) is 8.42 Å². The van der Waals surface area contributed by atoms with Crippen LogP contribution in [0.5, 0.6) is 0 Å². The molecule has 1 N–H and O–H groups in total. The summed E-state index contributed by atoms with van der Waals surface area (Å²) in [6.45, 7) is 6.38. The number of sulfone groups is 1. The molecule has 0 fully saturated rings. The number of hydrogen-bond donors (Lipinski definition) is 1. The molecule has 31 heavy (non-hydrogen) atoms. The Morgan fingerprint density at radius 1 is 1.03 bits per heavy atom. The van der Waals surface area contributed by atoms with Crippen molar-refractivity contribution in [3.63, 3.8) is 0 Å². The Kier molecular flexibility index (Phi) is 7.51. The highest BCUT2D eigenvalue weighted by molar-refractivity contribution is 7.89. The molecule has 166 valence electrons. The van der Waals surface area contributed by atoms with Crippen LogP contribution in [0.3, 0.4) is 0 Å². The number of para-hydroxylation sites is 1. The predicted molar refractivity (Wildman–Crippen MR) is 124 cm³/mol. The highest BCUT2D eigenvalue weighted by atomic mass is 32.2. The smallest absolute Gasteiger partial charge is 0.287 e. The van der Waals surface area contributed by atoms with Gasteiger partial charge in [0.15, 0.2) is 15.6 Å². The Labute approximate surface area is 184 Å². The molecule has 3 rings (SSSR count). The Morgan fingerprint density at radius 2 is 1.68 bits per heavy atom. The van der Waals surface area contributed by atoms with E-state index >= 15 is 0 Å². The summed E-state index contributed by atoms with van der Waals surface area (Å²) in [6, 6.07) is 17.4. The lowest BCUT2D eigenvalue weighted by molar-refractivity contribution is 0.0908. The van der Waals surface area contributed by atoms with Crippen LogP contribution >= 0.6 is 0 Å². The molecule has 1 aromatic heterocycles. The molecule has 0 saturated carbocycles. The molecule has 0 saturated heterocycles. The zero-order valence-corrected chi connectivity index (χ0v) is 19.1. The molecule has 6 nitrogen and oxygen atoms in total. The van der Waals surface area contributed by atoms with Gasteiger partial charge in [-0.2, -0.15) is 0 Å². The lowest BCUT2D eigenvalue weighted by Gasteiger charge is -2.30. The van der Waals surface area contributed by atoms with Crippen molar-refractivity contribution < 1.29 is 17.6 Å². The number of hydrogen-bond acceptors (Lipinski definition) is 5. The van der Waals surface area contributed by atoms with Crippen molar-refractivity contribution in [1.29, 1.82) is 0 Å². The fourth-order valence-corrected chi connectivity index (χ4v) is 4.75. The van der Waals surface area contributed by atoms with Gasteiger partial charge in [-0.3, -0.25) is 9.69 Å². The first kappa shape index (κ1) is 23.0. The van der Waals surface area contributed by atoms with Crippen LogP contribution in [0.4, 0.5) is 0 Å². The first-order valence-corrected chi connectivity index (χ1v) is 12.6. The fourth-order valence-electron chi connectivity index (χ4n) is 3.94. The molecule has 1 atom stereocenters. The summed E-state index contributed by atoms with van der Waals surface area (Å²) in [5.74, 6) is -0.555. The average Bonchev–Trinajstić information content (AvgIpc) is 3.10. The van der Waals surface area contributed by atoms with Crippen LogP contribution in [0.2, 0.25) is 0 Å². The summed E-state index contributed by atoms with van der Waals surface area (Å²) >= 11 is 0. The van der Waals surface area contributed by atoms with Crippen molar-refractivity contribution in [3.8, 4) is 0 Å². The standard InChI is InChI=1S/C24H30N2O4S/c1-4-26(5-2)19(15-18-11-7-6-8-12-18)16-25-24(27)23-21(17-31(3,28)29)20-13-9-10-14-22(20)30-23/h6-14,19H,4-5,15-17H2,1-3H3,(H,25,27). The van der Waals surface area contributed by atoms with Gasteiger partial charge in [0, 0.05) is 29.8 Å². The highest BCUT2D eigenvalue weighted by Crippen LogP contribution is 2.27. The van der Waals surface area contributed by atoms with Crippen LogP contribution < -0.4 is 5.32 Å². The Bertz CT molecular complexity index is 1120. The van der Waals surface area contributed by atoms with E-state index in [1.165, 1.54) is 5.56 Å². The van der Waals surface area contributed by atoms with Crippen LogP contribution in [0, 0.1) is 0 Å². The van der Waals surface area contributed by atoms with E-state index in [0.29, 0.717) is 23.1 Å². The summed E-state index contributed by atoms with van der Waals surface area (Å²) in [6.07, 6.45) is 1.96. The van der Waals surface area contributed by atoms with Crippen molar-refractivity contribution in [2.75, 3.05) is 25.9 Å². The summed E-state index contributed by atoms with van der Waals surface area (Å²) in [7, 11) is -3.34. The number of amides is 1. The molecular weight excluding hydrogens is 412 g/mol. The SMILES string of the molecule is CCN(CC)C(CNC(=O)c1oc2ccccc2c1CS(C)(=O)=O)Cc1ccccc1. The van der Waals surface area contributed by atoms with Gasteiger partial charge in [-0.15, -0.1) is 0 Å². The molecule has 0 radical (unpaired) electrons. The number of carbonyl (C=O) groups is 1. The van der Waals surface area contributed by atoms with Crippen LogP contribution in [0.25, 0.3) is 11.0 Å². The normalized spacial score (nSPS) is 12.9. The molecule has 0 spiro atoms. The topological polar surface area (TPSA) is 79.6 Å². The third-order valence-electron chi connectivity index (χ3n) is 5.45. The molecule has 1 unspecified atom stereocenters. The lowest BCUT2D eigenvalue weighted by Crippen LogP contribution is -2.45. The van der Waals surface area contributed by atoms with E-state index in [0.717, 1.165) is 25.8 Å². The van der Waals surface area contributed by atoms with Crippen molar-refractivity contribution in [3.05, 3.63) is 71.5 Å². The van der Waals surface area contributed by atoms with Gasteiger partial charge in [0.05, 0.1) is 5.75 Å². The second-order valence-electron chi connectivity index (χ2n) is 7.75. The number of furan rings is 1. The average molecular weight is 443 g/mol. The van der Waals surface area contributed by atoms with Gasteiger partial charge >= 0.3 is 0 Å². The third-order valence-corrected chi connectivity index (χ3v) is 6.27. The van der Waals surface area contributed by atoms with Gasteiger partial charge in [-0.05, 0) is 31.1 Å². The number of fused-ring (bicyclic) bond motifs is 1. The van der Waals surface area contributed by atoms with E-state index in [1.807, 2.05) is 24.3 Å². The Balaban J connectivity index is 1.83. The van der Waals surface area contributed by atoms with Crippen molar-refractivity contribution in [2.24, 2.45) is 0 Å². The number of likely N-dealkylation sites (N-methyl/N-ethyl adjacent to an activating group) is 1. The monoisotopic (exact) mass is 442 g/mol. The van der Waals surface area contributed by atoms with E-state index in [9.17, 15) is 13.2 Å². The van der Waals surface area contributed by atoms with Crippen molar-refractivity contribution in [1.82, 2.24) is 10.2 Å². The number of carbonyl (C=O) groups excluding carboxylic acids is 1. The minimum absolute atomic E-state index is 0.0737. The zero-order valence-electron chi connectivity index (χ0n) is 18.3. The molecule has 0 aliphatic heterocycles. The van der Waals surface area contributed by atoms with Gasteiger partial charge in [0.1, 0.15) is 5.58 Å². The number of rotatable bonds is 10. The van der Waals surface area contributed by atoms with E-state index in [2.05, 4.69) is 36.2 Å².